The second-order valence-electron chi connectivity index (χ2n) is 8.57. The first kappa shape index (κ1) is 22.4. The van der Waals surface area contributed by atoms with Crippen molar-refractivity contribution in [2.24, 2.45) is 16.2 Å². The standard InChI is InChI=1S/C19H32O5/c1-14(20)9-10-15(21)23-11-12-24-16(22)19(8,18(5,6)7)13-17(2,3)4/h9-10H,11-13H2,1-8H3/b10-9+. The first-order valence-electron chi connectivity index (χ1n) is 8.22. The van der Waals surface area contributed by atoms with E-state index in [0.717, 1.165) is 12.2 Å². The van der Waals surface area contributed by atoms with Crippen LogP contribution in [0.3, 0.4) is 0 Å². The van der Waals surface area contributed by atoms with Gasteiger partial charge in [0, 0.05) is 6.08 Å². The highest BCUT2D eigenvalue weighted by Crippen LogP contribution is 2.47. The lowest BCUT2D eigenvalue weighted by molar-refractivity contribution is -0.167. The van der Waals surface area contributed by atoms with Gasteiger partial charge in [-0.25, -0.2) is 4.79 Å². The number of hydrogen-bond donors (Lipinski definition) is 0. The maximum Gasteiger partial charge on any atom is 0.330 e. The van der Waals surface area contributed by atoms with Crippen LogP contribution >= 0.6 is 0 Å². The van der Waals surface area contributed by atoms with Crippen LogP contribution in [0.15, 0.2) is 12.2 Å². The quantitative estimate of drug-likeness (QED) is 0.401. The van der Waals surface area contributed by atoms with Gasteiger partial charge in [0.1, 0.15) is 13.2 Å². The lowest BCUT2D eigenvalue weighted by Crippen LogP contribution is -2.44. The fourth-order valence-electron chi connectivity index (χ4n) is 2.37. The van der Waals surface area contributed by atoms with Crippen LogP contribution in [0.5, 0.6) is 0 Å². The highest BCUT2D eigenvalue weighted by molar-refractivity contribution is 5.94. The Hall–Kier alpha value is -1.65. The molecule has 5 heteroatoms. The molecular weight excluding hydrogens is 308 g/mol. The van der Waals surface area contributed by atoms with Gasteiger partial charge in [0.25, 0.3) is 0 Å². The molecule has 0 rings (SSSR count). The smallest absolute Gasteiger partial charge is 0.330 e. The van der Waals surface area contributed by atoms with Crippen molar-refractivity contribution in [1.82, 2.24) is 0 Å². The Bertz CT molecular complexity index is 491. The van der Waals surface area contributed by atoms with E-state index in [1.807, 2.05) is 27.7 Å². The normalized spacial score (nSPS) is 15.0. The summed E-state index contributed by atoms with van der Waals surface area (Å²) in [7, 11) is 0. The van der Waals surface area contributed by atoms with Gasteiger partial charge in [-0.1, -0.05) is 41.5 Å². The summed E-state index contributed by atoms with van der Waals surface area (Å²) in [5.74, 6) is -1.16. The topological polar surface area (TPSA) is 69.7 Å². The van der Waals surface area contributed by atoms with Crippen LogP contribution in [-0.2, 0) is 23.9 Å². The van der Waals surface area contributed by atoms with E-state index in [1.54, 1.807) is 0 Å². The van der Waals surface area contributed by atoms with Crippen molar-refractivity contribution >= 4 is 17.7 Å². The van der Waals surface area contributed by atoms with E-state index in [-0.39, 0.29) is 35.8 Å². The molecule has 0 spiro atoms. The molecular formula is C19H32O5. The summed E-state index contributed by atoms with van der Waals surface area (Å²) in [6.07, 6.45) is 2.88. The summed E-state index contributed by atoms with van der Waals surface area (Å²) in [6, 6.07) is 0. The second-order valence-corrected chi connectivity index (χ2v) is 8.57. The molecule has 0 saturated carbocycles. The fourth-order valence-corrected chi connectivity index (χ4v) is 2.37. The van der Waals surface area contributed by atoms with Crippen LogP contribution < -0.4 is 0 Å². The Balaban J connectivity index is 4.66. The van der Waals surface area contributed by atoms with Gasteiger partial charge in [-0.3, -0.25) is 9.59 Å². The van der Waals surface area contributed by atoms with Crippen molar-refractivity contribution in [2.45, 2.75) is 61.8 Å². The van der Waals surface area contributed by atoms with Crippen LogP contribution in [-0.4, -0.2) is 30.9 Å². The van der Waals surface area contributed by atoms with Crippen molar-refractivity contribution in [3.05, 3.63) is 12.2 Å². The Kier molecular flexibility index (Phi) is 7.87. The van der Waals surface area contributed by atoms with E-state index in [9.17, 15) is 14.4 Å². The zero-order valence-corrected chi connectivity index (χ0v) is 16.3. The SMILES string of the molecule is CC(=O)/C=C/C(=O)OCCOC(=O)C(C)(CC(C)(C)C)C(C)(C)C. The summed E-state index contributed by atoms with van der Waals surface area (Å²) in [5, 5.41) is 0. The van der Waals surface area contributed by atoms with E-state index in [1.165, 1.54) is 6.92 Å². The number of ketones is 1. The fraction of sp³-hybridized carbons (Fsp3) is 0.737. The van der Waals surface area contributed by atoms with Crippen LogP contribution in [0.1, 0.15) is 61.8 Å². The highest BCUT2D eigenvalue weighted by atomic mass is 16.6. The predicted molar refractivity (Wildman–Crippen MR) is 93.4 cm³/mol. The van der Waals surface area contributed by atoms with Gasteiger partial charge in [-0.2, -0.15) is 0 Å². The van der Waals surface area contributed by atoms with Crippen LogP contribution in [0.25, 0.3) is 0 Å². The molecule has 0 aliphatic rings. The molecule has 0 aliphatic heterocycles. The Morgan fingerprint density at radius 3 is 1.75 bits per heavy atom. The lowest BCUT2D eigenvalue weighted by atomic mass is 9.61. The largest absolute Gasteiger partial charge is 0.462 e. The molecule has 1 atom stereocenters. The van der Waals surface area contributed by atoms with Crippen LogP contribution in [0, 0.1) is 16.2 Å². The monoisotopic (exact) mass is 340 g/mol. The third-order valence-electron chi connectivity index (χ3n) is 4.00. The molecule has 24 heavy (non-hydrogen) atoms. The molecule has 0 aromatic rings. The number of rotatable bonds is 7. The van der Waals surface area contributed by atoms with E-state index >= 15 is 0 Å². The number of ether oxygens (including phenoxy) is 2. The van der Waals surface area contributed by atoms with Gasteiger partial charge >= 0.3 is 11.9 Å². The van der Waals surface area contributed by atoms with E-state index < -0.39 is 11.4 Å². The molecule has 0 radical (unpaired) electrons. The number of carbonyl (C=O) groups is 3. The average molecular weight is 340 g/mol. The maximum absolute atomic E-state index is 12.6. The summed E-state index contributed by atoms with van der Waals surface area (Å²) in [6.45, 7) is 15.5. The Morgan fingerprint density at radius 2 is 1.33 bits per heavy atom. The van der Waals surface area contributed by atoms with Crippen molar-refractivity contribution in [2.75, 3.05) is 13.2 Å². The van der Waals surface area contributed by atoms with Crippen molar-refractivity contribution in [1.29, 1.82) is 0 Å². The summed E-state index contributed by atoms with van der Waals surface area (Å²) >= 11 is 0. The van der Waals surface area contributed by atoms with Gasteiger partial charge in [-0.15, -0.1) is 0 Å². The molecule has 0 heterocycles. The lowest BCUT2D eigenvalue weighted by Gasteiger charge is -2.43. The molecule has 0 bridgehead atoms. The summed E-state index contributed by atoms with van der Waals surface area (Å²) in [4.78, 5) is 34.7. The molecule has 5 nitrogen and oxygen atoms in total. The zero-order chi connectivity index (χ0) is 19.2. The van der Waals surface area contributed by atoms with E-state index in [4.69, 9.17) is 9.47 Å². The maximum atomic E-state index is 12.6. The Labute approximate surface area is 145 Å². The van der Waals surface area contributed by atoms with Crippen molar-refractivity contribution in [3.63, 3.8) is 0 Å². The number of carbonyl (C=O) groups excluding carboxylic acids is 3. The van der Waals surface area contributed by atoms with Gasteiger partial charge < -0.3 is 9.47 Å². The minimum Gasteiger partial charge on any atom is -0.462 e. The number of esters is 2. The molecule has 0 aromatic heterocycles. The van der Waals surface area contributed by atoms with E-state index in [0.29, 0.717) is 6.42 Å². The number of allylic oxidation sites excluding steroid dienone is 1. The number of hydrogen-bond acceptors (Lipinski definition) is 5. The van der Waals surface area contributed by atoms with Gasteiger partial charge in [0.15, 0.2) is 5.78 Å². The first-order chi connectivity index (χ1) is 10.7. The minimum atomic E-state index is -0.649. The molecule has 0 aromatic carbocycles. The minimum absolute atomic E-state index is 0.00566. The van der Waals surface area contributed by atoms with E-state index in [2.05, 4.69) is 20.8 Å². The first-order valence-corrected chi connectivity index (χ1v) is 8.22. The zero-order valence-electron chi connectivity index (χ0n) is 16.3. The average Bonchev–Trinajstić information content (AvgIpc) is 2.37. The van der Waals surface area contributed by atoms with Crippen molar-refractivity contribution < 1.29 is 23.9 Å². The van der Waals surface area contributed by atoms with Gasteiger partial charge in [0.2, 0.25) is 0 Å². The summed E-state index contributed by atoms with van der Waals surface area (Å²) in [5.41, 5.74) is -0.937. The third kappa shape index (κ3) is 7.75. The molecule has 0 aliphatic carbocycles. The molecule has 1 unspecified atom stereocenters. The molecule has 0 amide bonds. The van der Waals surface area contributed by atoms with Gasteiger partial charge in [-0.05, 0) is 37.2 Å². The van der Waals surface area contributed by atoms with Crippen molar-refractivity contribution in [3.8, 4) is 0 Å². The highest BCUT2D eigenvalue weighted by Gasteiger charge is 2.47. The van der Waals surface area contributed by atoms with Crippen LogP contribution in [0.4, 0.5) is 0 Å². The second kappa shape index (κ2) is 8.45. The summed E-state index contributed by atoms with van der Waals surface area (Å²) < 4.78 is 10.2. The molecule has 0 fully saturated rings. The predicted octanol–water partition coefficient (Wildman–Crippen LogP) is 3.71. The molecule has 0 saturated heterocycles. The van der Waals surface area contributed by atoms with Gasteiger partial charge in [0.05, 0.1) is 5.41 Å². The Morgan fingerprint density at radius 1 is 0.833 bits per heavy atom. The molecule has 138 valence electrons. The molecule has 0 N–H and O–H groups in total. The third-order valence-corrected chi connectivity index (χ3v) is 4.00. The van der Waals surface area contributed by atoms with Crippen LogP contribution in [0.2, 0.25) is 0 Å².